The zero-order valence-corrected chi connectivity index (χ0v) is 18.9. The SMILES string of the molecule is CCC(C)[Se]P1(=O)Oc2ccc3ccccc3c2-c2c(ccc3ccccc23)O1. The summed E-state index contributed by atoms with van der Waals surface area (Å²) in [4.78, 5) is 0.305. The van der Waals surface area contributed by atoms with Crippen molar-refractivity contribution in [3.05, 3.63) is 72.8 Å². The van der Waals surface area contributed by atoms with Crippen molar-refractivity contribution in [2.45, 2.75) is 25.1 Å². The molecule has 0 spiro atoms. The van der Waals surface area contributed by atoms with Crippen LogP contribution in [0.25, 0.3) is 32.7 Å². The first-order valence-corrected chi connectivity index (χ1v) is 14.5. The predicted octanol–water partition coefficient (Wildman–Crippen LogP) is 7.46. The number of hydrogen-bond donors (Lipinski definition) is 0. The molecule has 0 aromatic heterocycles. The molecule has 146 valence electrons. The van der Waals surface area contributed by atoms with Gasteiger partial charge in [0.25, 0.3) is 0 Å². The predicted molar refractivity (Wildman–Crippen MR) is 121 cm³/mol. The fourth-order valence-electron chi connectivity index (χ4n) is 3.77. The van der Waals surface area contributed by atoms with E-state index in [1.54, 1.807) is 0 Å². The van der Waals surface area contributed by atoms with Crippen LogP contribution in [0.4, 0.5) is 0 Å². The molecule has 4 aromatic carbocycles. The molecule has 0 N–H and O–H groups in total. The Morgan fingerprint density at radius 1 is 0.793 bits per heavy atom. The third kappa shape index (κ3) is 3.26. The van der Waals surface area contributed by atoms with Gasteiger partial charge < -0.3 is 0 Å². The molecule has 5 rings (SSSR count). The molecule has 1 atom stereocenters. The van der Waals surface area contributed by atoms with Crippen LogP contribution in [0.5, 0.6) is 11.5 Å². The molecule has 0 saturated carbocycles. The number of fused-ring (bicyclic) bond motifs is 7. The molecule has 1 unspecified atom stereocenters. The van der Waals surface area contributed by atoms with Crippen molar-refractivity contribution in [1.29, 1.82) is 0 Å². The van der Waals surface area contributed by atoms with Gasteiger partial charge in [-0.1, -0.05) is 0 Å². The van der Waals surface area contributed by atoms with Gasteiger partial charge in [0.05, 0.1) is 0 Å². The number of benzene rings is 4. The summed E-state index contributed by atoms with van der Waals surface area (Å²) in [7, 11) is 0. The van der Waals surface area contributed by atoms with Gasteiger partial charge in [-0.3, -0.25) is 0 Å². The summed E-state index contributed by atoms with van der Waals surface area (Å²) in [5, 5.41) is 4.40. The molecule has 1 heterocycles. The Labute approximate surface area is 176 Å². The van der Waals surface area contributed by atoms with Crippen LogP contribution in [0.3, 0.4) is 0 Å². The first-order chi connectivity index (χ1) is 14.1. The van der Waals surface area contributed by atoms with Crippen molar-refractivity contribution in [1.82, 2.24) is 0 Å². The second kappa shape index (κ2) is 7.22. The Bertz CT molecular complexity index is 1190. The van der Waals surface area contributed by atoms with E-state index in [2.05, 4.69) is 38.1 Å². The quantitative estimate of drug-likeness (QED) is 0.232. The molecule has 29 heavy (non-hydrogen) atoms. The molecular formula is C24H21O3PSe. The molecule has 0 saturated heterocycles. The van der Waals surface area contributed by atoms with E-state index in [1.165, 1.54) is 0 Å². The van der Waals surface area contributed by atoms with E-state index in [-0.39, 0.29) is 14.5 Å². The van der Waals surface area contributed by atoms with Crippen LogP contribution >= 0.6 is 6.29 Å². The second-order valence-electron chi connectivity index (χ2n) is 7.27. The second-order valence-corrected chi connectivity index (χ2v) is 14.6. The summed E-state index contributed by atoms with van der Waals surface area (Å²) in [6, 6.07) is 24.4. The monoisotopic (exact) mass is 468 g/mol. The van der Waals surface area contributed by atoms with Crippen molar-refractivity contribution in [3.63, 3.8) is 0 Å². The van der Waals surface area contributed by atoms with Crippen molar-refractivity contribution in [2.75, 3.05) is 0 Å². The summed E-state index contributed by atoms with van der Waals surface area (Å²) >= 11 is -0.280. The molecule has 0 fully saturated rings. The third-order valence-electron chi connectivity index (χ3n) is 5.34. The molecule has 5 heteroatoms. The van der Waals surface area contributed by atoms with Gasteiger partial charge in [-0.25, -0.2) is 0 Å². The maximum atomic E-state index is 13.8. The Morgan fingerprint density at radius 3 is 1.76 bits per heavy atom. The van der Waals surface area contributed by atoms with Gasteiger partial charge in [0.15, 0.2) is 0 Å². The topological polar surface area (TPSA) is 35.5 Å². The van der Waals surface area contributed by atoms with Crippen LogP contribution < -0.4 is 9.05 Å². The van der Waals surface area contributed by atoms with E-state index in [0.717, 1.165) is 39.1 Å². The van der Waals surface area contributed by atoms with Crippen molar-refractivity contribution >= 4 is 42.3 Å². The molecule has 4 aromatic rings. The van der Waals surface area contributed by atoms with Gasteiger partial charge in [-0.15, -0.1) is 0 Å². The Balaban J connectivity index is 1.87. The van der Waals surface area contributed by atoms with E-state index in [9.17, 15) is 4.57 Å². The minimum absolute atomic E-state index is 0.280. The third-order valence-corrected chi connectivity index (χ3v) is 12.3. The van der Waals surface area contributed by atoms with E-state index in [1.807, 2.05) is 48.5 Å². The van der Waals surface area contributed by atoms with Crippen LogP contribution in [-0.2, 0) is 4.57 Å². The maximum absolute atomic E-state index is 13.8. The first-order valence-electron chi connectivity index (χ1n) is 9.79. The zero-order valence-electron chi connectivity index (χ0n) is 16.3. The van der Waals surface area contributed by atoms with Gasteiger partial charge >= 0.3 is 176 Å². The standard InChI is InChI=1S/C24H21O3PSe/c1-3-16(2)29-28(25)26-21-14-12-17-8-4-6-10-19(17)23(21)24-20-11-7-5-9-18(20)13-15-22(24)27-28/h4-16H,3H2,1-2H3. The molecule has 0 aliphatic carbocycles. The van der Waals surface area contributed by atoms with E-state index < -0.39 is 6.29 Å². The van der Waals surface area contributed by atoms with E-state index in [0.29, 0.717) is 16.3 Å². The molecule has 1 aliphatic rings. The van der Waals surface area contributed by atoms with E-state index in [4.69, 9.17) is 9.05 Å². The van der Waals surface area contributed by atoms with Crippen LogP contribution in [0.2, 0.25) is 4.82 Å². The Morgan fingerprint density at radius 2 is 1.28 bits per heavy atom. The molecule has 0 bridgehead atoms. The first kappa shape index (κ1) is 18.8. The average molecular weight is 467 g/mol. The molecule has 0 amide bonds. The van der Waals surface area contributed by atoms with Gasteiger partial charge in [0, 0.05) is 0 Å². The molecule has 0 radical (unpaired) electrons. The number of rotatable bonds is 3. The van der Waals surface area contributed by atoms with E-state index >= 15 is 0 Å². The summed E-state index contributed by atoms with van der Waals surface area (Å²) in [6.07, 6.45) is -2.34. The molecular weight excluding hydrogens is 446 g/mol. The van der Waals surface area contributed by atoms with Gasteiger partial charge in [-0.05, 0) is 0 Å². The van der Waals surface area contributed by atoms with Crippen LogP contribution in [0, 0.1) is 0 Å². The van der Waals surface area contributed by atoms with Crippen LogP contribution in [-0.4, -0.2) is 14.5 Å². The summed E-state index contributed by atoms with van der Waals surface area (Å²) in [6.45, 7) is 4.22. The minimum atomic E-state index is -3.29. The molecule has 1 aliphatic heterocycles. The zero-order chi connectivity index (χ0) is 20.0. The normalized spacial score (nSPS) is 15.7. The van der Waals surface area contributed by atoms with Gasteiger partial charge in [0.1, 0.15) is 0 Å². The summed E-state index contributed by atoms with van der Waals surface area (Å²) in [5.74, 6) is 1.29. The Hall–Kier alpha value is -2.25. The molecule has 3 nitrogen and oxygen atoms in total. The Kier molecular flexibility index (Phi) is 4.67. The van der Waals surface area contributed by atoms with Crippen LogP contribution in [0.1, 0.15) is 20.3 Å². The van der Waals surface area contributed by atoms with Crippen molar-refractivity contribution < 1.29 is 13.6 Å². The summed E-state index contributed by atoms with van der Waals surface area (Å²) in [5.41, 5.74) is 1.93. The van der Waals surface area contributed by atoms with Gasteiger partial charge in [0.2, 0.25) is 0 Å². The number of hydrogen-bond acceptors (Lipinski definition) is 3. The summed E-state index contributed by atoms with van der Waals surface area (Å²) < 4.78 is 26.2. The van der Waals surface area contributed by atoms with Crippen molar-refractivity contribution in [2.24, 2.45) is 0 Å². The fourth-order valence-corrected chi connectivity index (χ4v) is 10.5. The van der Waals surface area contributed by atoms with Crippen LogP contribution in [0.15, 0.2) is 72.8 Å². The average Bonchev–Trinajstić information content (AvgIpc) is 2.86. The fraction of sp³-hybridized carbons (Fsp3) is 0.167. The van der Waals surface area contributed by atoms with Gasteiger partial charge in [-0.2, -0.15) is 0 Å². The van der Waals surface area contributed by atoms with Crippen molar-refractivity contribution in [3.8, 4) is 22.6 Å².